The summed E-state index contributed by atoms with van der Waals surface area (Å²) in [5.41, 5.74) is 20.6. The molecule has 74 heavy (non-hydrogen) atoms. The summed E-state index contributed by atoms with van der Waals surface area (Å²) in [5.74, 6) is 0.619. The van der Waals surface area contributed by atoms with Gasteiger partial charge in [-0.05, 0) is 152 Å². The Kier molecular flexibility index (Phi) is 10.1. The predicted molar refractivity (Wildman–Crippen MR) is 314 cm³/mol. The van der Waals surface area contributed by atoms with Gasteiger partial charge in [-0.2, -0.15) is 0 Å². The Labute approximate surface area is 437 Å². The Morgan fingerprint density at radius 2 is 0.905 bits per heavy atom. The molecule has 1 saturated carbocycles. The summed E-state index contributed by atoms with van der Waals surface area (Å²) in [5, 5.41) is 5.06. The minimum Gasteiger partial charge on any atom is -0.310 e. The summed E-state index contributed by atoms with van der Waals surface area (Å²) >= 11 is 1.88. The third kappa shape index (κ3) is 6.56. The van der Waals surface area contributed by atoms with E-state index in [4.69, 9.17) is 0 Å². The van der Waals surface area contributed by atoms with E-state index in [0.717, 1.165) is 28.4 Å². The molecule has 3 aliphatic rings. The lowest BCUT2D eigenvalue weighted by molar-refractivity contribution is 0.443. The van der Waals surface area contributed by atoms with Crippen molar-refractivity contribution in [2.75, 3.05) is 9.80 Å². The minimum atomic E-state index is -0.599. The van der Waals surface area contributed by atoms with E-state index in [-0.39, 0.29) is 0 Å². The normalized spacial score (nSPS) is 15.6. The largest absolute Gasteiger partial charge is 0.310 e. The quantitative estimate of drug-likeness (QED) is 0.150. The molecule has 1 heterocycles. The molecule has 0 amide bonds. The Hall–Kier alpha value is -8.50. The average Bonchev–Trinajstić information content (AvgIpc) is 4.17. The molecule has 352 valence electrons. The molecule has 1 unspecified atom stereocenters. The number of thiophene rings is 1. The van der Waals surface area contributed by atoms with E-state index in [2.05, 4.69) is 259 Å². The molecule has 0 bridgehead atoms. The summed E-state index contributed by atoms with van der Waals surface area (Å²) in [6.45, 7) is 0. The van der Waals surface area contributed by atoms with E-state index in [1.54, 1.807) is 0 Å². The first kappa shape index (κ1) is 43.1. The zero-order chi connectivity index (χ0) is 48.7. The molecule has 1 fully saturated rings. The molecule has 0 radical (unpaired) electrons. The van der Waals surface area contributed by atoms with Gasteiger partial charge in [-0.25, -0.2) is 0 Å². The van der Waals surface area contributed by atoms with Crippen LogP contribution in [0.1, 0.15) is 65.8 Å². The van der Waals surface area contributed by atoms with Crippen LogP contribution in [-0.4, -0.2) is 0 Å². The van der Waals surface area contributed by atoms with Gasteiger partial charge in [-0.15, -0.1) is 11.3 Å². The topological polar surface area (TPSA) is 6.48 Å². The van der Waals surface area contributed by atoms with E-state index < -0.39 is 5.41 Å². The highest BCUT2D eigenvalue weighted by Crippen LogP contribution is 2.64. The van der Waals surface area contributed by atoms with Crippen LogP contribution < -0.4 is 9.80 Å². The van der Waals surface area contributed by atoms with Crippen molar-refractivity contribution in [1.29, 1.82) is 0 Å². The van der Waals surface area contributed by atoms with Crippen LogP contribution in [0.5, 0.6) is 0 Å². The number of fused-ring (bicyclic) bond motifs is 14. The van der Waals surface area contributed by atoms with Gasteiger partial charge < -0.3 is 9.80 Å². The molecule has 1 spiro atoms. The summed E-state index contributed by atoms with van der Waals surface area (Å²) < 4.78 is 2.59. The lowest BCUT2D eigenvalue weighted by Crippen LogP contribution is -2.26. The Balaban J connectivity index is 0.981. The highest BCUT2D eigenvalue weighted by Gasteiger charge is 2.52. The molecule has 11 aromatic carbocycles. The zero-order valence-electron chi connectivity index (χ0n) is 41.1. The Bertz CT molecular complexity index is 4120. The van der Waals surface area contributed by atoms with Crippen LogP contribution in [-0.2, 0) is 5.41 Å². The maximum Gasteiger partial charge on any atom is 0.0727 e. The fourth-order valence-corrected chi connectivity index (χ4v) is 14.6. The molecule has 2 nitrogen and oxygen atoms in total. The van der Waals surface area contributed by atoms with Crippen molar-refractivity contribution in [2.24, 2.45) is 0 Å². The van der Waals surface area contributed by atoms with Gasteiger partial charge in [0.2, 0.25) is 0 Å². The van der Waals surface area contributed by atoms with Crippen molar-refractivity contribution in [3.63, 3.8) is 0 Å². The number of anilines is 6. The molecule has 0 aliphatic heterocycles. The van der Waals surface area contributed by atoms with E-state index >= 15 is 0 Å². The van der Waals surface area contributed by atoms with Crippen molar-refractivity contribution in [1.82, 2.24) is 0 Å². The van der Waals surface area contributed by atoms with Gasteiger partial charge in [-0.3, -0.25) is 0 Å². The van der Waals surface area contributed by atoms with E-state index in [1.165, 1.54) is 130 Å². The Morgan fingerprint density at radius 3 is 1.61 bits per heavy atom. The van der Waals surface area contributed by atoms with Crippen LogP contribution in [0.15, 0.2) is 249 Å². The molecule has 0 saturated heterocycles. The van der Waals surface area contributed by atoms with Gasteiger partial charge >= 0.3 is 0 Å². The first-order valence-corrected chi connectivity index (χ1v) is 27.3. The van der Waals surface area contributed by atoms with E-state index in [9.17, 15) is 0 Å². The third-order valence-electron chi connectivity index (χ3n) is 16.7. The molecule has 1 atom stereocenters. The zero-order valence-corrected chi connectivity index (χ0v) is 41.9. The summed E-state index contributed by atoms with van der Waals surface area (Å²) in [6, 6.07) is 93.9. The summed E-state index contributed by atoms with van der Waals surface area (Å²) in [6.07, 6.45) is 6.52. The van der Waals surface area contributed by atoms with Crippen LogP contribution in [0, 0.1) is 0 Å². The second-order valence-corrected chi connectivity index (χ2v) is 21.6. The van der Waals surface area contributed by atoms with Crippen LogP contribution in [0.3, 0.4) is 0 Å². The van der Waals surface area contributed by atoms with Crippen LogP contribution in [0.4, 0.5) is 34.1 Å². The lowest BCUT2D eigenvalue weighted by Gasteiger charge is -2.34. The number of para-hydroxylation sites is 1. The molecule has 0 N–H and O–H groups in total. The number of rotatable bonds is 8. The number of nitrogens with zero attached hydrogens (tertiary/aromatic N) is 2. The summed E-state index contributed by atoms with van der Waals surface area (Å²) in [7, 11) is 0. The Morgan fingerprint density at radius 1 is 0.365 bits per heavy atom. The molecule has 1 aromatic heterocycles. The molecule has 3 aliphatic carbocycles. The number of benzene rings is 11. The second-order valence-electron chi connectivity index (χ2n) is 20.5. The monoisotopic (exact) mass is 964 g/mol. The first-order chi connectivity index (χ1) is 36.7. The SMILES string of the molecule is c1ccc(-c2c(N(c3ccc(C4CCCCC4)cc3)c3ccc4c(c3)C3(c5ccccc5-4)c4ccccc4-c4ccc(N(c5ccccc5)c5cccc6c5sc5ccccc56)cc43)ccc3ccccc23)cc1. The van der Waals surface area contributed by atoms with Crippen molar-refractivity contribution in [2.45, 2.75) is 43.4 Å². The minimum absolute atomic E-state index is 0.599. The molecule has 3 heteroatoms. The second kappa shape index (κ2) is 17.3. The van der Waals surface area contributed by atoms with Crippen molar-refractivity contribution in [3.05, 3.63) is 277 Å². The molecule has 15 rings (SSSR count). The van der Waals surface area contributed by atoms with Crippen molar-refractivity contribution < 1.29 is 0 Å². The predicted octanol–water partition coefficient (Wildman–Crippen LogP) is 20.2. The molecular weight excluding hydrogens is 913 g/mol. The van der Waals surface area contributed by atoms with Gasteiger partial charge in [-0.1, -0.05) is 201 Å². The van der Waals surface area contributed by atoms with E-state index in [1.807, 2.05) is 11.3 Å². The van der Waals surface area contributed by atoms with Gasteiger partial charge in [0, 0.05) is 43.8 Å². The fraction of sp³-hybridized carbons (Fsp3) is 0.0986. The van der Waals surface area contributed by atoms with Gasteiger partial charge in [0.25, 0.3) is 0 Å². The lowest BCUT2D eigenvalue weighted by atomic mass is 9.70. The van der Waals surface area contributed by atoms with E-state index in [0.29, 0.717) is 5.92 Å². The third-order valence-corrected chi connectivity index (χ3v) is 17.9. The smallest absolute Gasteiger partial charge is 0.0727 e. The van der Waals surface area contributed by atoms with Crippen LogP contribution >= 0.6 is 11.3 Å². The summed E-state index contributed by atoms with van der Waals surface area (Å²) in [4.78, 5) is 5.05. The number of hydrogen-bond donors (Lipinski definition) is 0. The van der Waals surface area contributed by atoms with Crippen LogP contribution in [0.2, 0.25) is 0 Å². The standard InChI is InChI=1S/C71H52N2S/c1-4-19-47(20-5-1)48-35-38-52(39-36-48)72(66-44-37-49-21-10-11-26-55(49)69(66)50-22-6-2-7-23-50)53-40-42-58-56-27-12-15-31-62(56)71(64(58)45-53)63-32-16-13-28-57(63)59-43-41-54(46-65(59)71)73(51-24-8-3-9-25-51)67-33-18-30-61-60-29-14-17-34-68(60)74-70(61)67/h2-3,6-18,21-47H,1,4-5,19-20H2. The van der Waals surface area contributed by atoms with Crippen molar-refractivity contribution >= 4 is 76.4 Å². The van der Waals surface area contributed by atoms with Crippen molar-refractivity contribution in [3.8, 4) is 33.4 Å². The maximum atomic E-state index is 2.56. The van der Waals surface area contributed by atoms with Crippen LogP contribution in [0.25, 0.3) is 64.3 Å². The molecule has 12 aromatic rings. The fourth-order valence-electron chi connectivity index (χ4n) is 13.4. The van der Waals surface area contributed by atoms with Gasteiger partial charge in [0.1, 0.15) is 0 Å². The highest BCUT2D eigenvalue weighted by atomic mass is 32.1. The maximum absolute atomic E-state index is 2.56. The highest BCUT2D eigenvalue weighted by molar-refractivity contribution is 7.26. The first-order valence-electron chi connectivity index (χ1n) is 26.4. The molecular formula is C71H52N2S. The van der Waals surface area contributed by atoms with Gasteiger partial charge in [0.05, 0.1) is 21.5 Å². The number of hydrogen-bond acceptors (Lipinski definition) is 3. The average molecular weight is 965 g/mol. The van der Waals surface area contributed by atoms with Gasteiger partial charge in [0.15, 0.2) is 0 Å².